The molecular weight excluding hydrogens is 122 g/mol. The first-order valence-electron chi connectivity index (χ1n) is 1.85. The van der Waals surface area contributed by atoms with Crippen molar-refractivity contribution in [1.82, 2.24) is 0 Å². The van der Waals surface area contributed by atoms with Gasteiger partial charge in [-0.2, -0.15) is 0 Å². The van der Waals surface area contributed by atoms with Gasteiger partial charge in [0.15, 0.2) is 7.37 Å². The molecule has 0 saturated heterocycles. The third-order valence-corrected chi connectivity index (χ3v) is 1.76. The zero-order valence-electron chi connectivity index (χ0n) is 4.01. The van der Waals surface area contributed by atoms with Gasteiger partial charge in [0.05, 0.1) is 0 Å². The maximum absolute atomic E-state index is 10.1. The first-order chi connectivity index (χ1) is 2.56. The third kappa shape index (κ3) is 11.0. The Morgan fingerprint density at radius 3 is 1.86 bits per heavy atom. The Kier molecular flexibility index (Phi) is 6.48. The molecule has 0 aliphatic carbocycles. The van der Waals surface area contributed by atoms with E-state index < -0.39 is 7.37 Å². The molecular formula is C3H10NaO2P. The van der Waals surface area contributed by atoms with E-state index in [-0.39, 0.29) is 29.6 Å². The minimum absolute atomic E-state index is 0. The van der Waals surface area contributed by atoms with Crippen molar-refractivity contribution in [2.24, 2.45) is 0 Å². The van der Waals surface area contributed by atoms with Crippen LogP contribution in [0.2, 0.25) is 0 Å². The van der Waals surface area contributed by atoms with Crippen LogP contribution in [0.25, 0.3) is 0 Å². The Balaban J connectivity index is 0. The summed E-state index contributed by atoms with van der Waals surface area (Å²) in [5, 5.41) is 0. The fraction of sp³-hybridized carbons (Fsp3) is 1.00. The zero-order chi connectivity index (χ0) is 5.21. The summed E-state index contributed by atoms with van der Waals surface area (Å²) in [7, 11) is -2.65. The second-order valence-corrected chi connectivity index (χ2v) is 4.10. The van der Waals surface area contributed by atoms with Crippen molar-refractivity contribution in [3.63, 3.8) is 0 Å². The first kappa shape index (κ1) is 11.0. The van der Waals surface area contributed by atoms with Gasteiger partial charge in [-0.3, -0.25) is 4.57 Å². The van der Waals surface area contributed by atoms with Gasteiger partial charge in [-0.05, 0) is 0 Å². The van der Waals surface area contributed by atoms with Crippen molar-refractivity contribution in [2.45, 2.75) is 6.92 Å². The normalized spacial score (nSPS) is 17.0. The van der Waals surface area contributed by atoms with Gasteiger partial charge in [0.25, 0.3) is 0 Å². The SMILES string of the molecule is CCP(C)(=O)O.[NaH]. The fourth-order valence-electron chi connectivity index (χ4n) is 0. The van der Waals surface area contributed by atoms with Crippen molar-refractivity contribution in [1.29, 1.82) is 0 Å². The van der Waals surface area contributed by atoms with Crippen LogP contribution in [0, 0.1) is 0 Å². The van der Waals surface area contributed by atoms with E-state index in [1.165, 1.54) is 6.66 Å². The Morgan fingerprint density at radius 1 is 1.71 bits per heavy atom. The van der Waals surface area contributed by atoms with Crippen LogP contribution >= 0.6 is 7.37 Å². The van der Waals surface area contributed by atoms with Gasteiger partial charge in [0.1, 0.15) is 0 Å². The summed E-state index contributed by atoms with van der Waals surface area (Å²) in [5.74, 6) is 0. The van der Waals surface area contributed by atoms with Gasteiger partial charge < -0.3 is 4.89 Å². The van der Waals surface area contributed by atoms with Gasteiger partial charge in [-0.1, -0.05) is 6.92 Å². The Hall–Kier alpha value is 1.19. The van der Waals surface area contributed by atoms with Crippen LogP contribution in [0.3, 0.4) is 0 Å². The molecule has 1 unspecified atom stereocenters. The van der Waals surface area contributed by atoms with E-state index >= 15 is 0 Å². The summed E-state index contributed by atoms with van der Waals surface area (Å²) in [6, 6.07) is 0. The van der Waals surface area contributed by atoms with Gasteiger partial charge in [0.2, 0.25) is 0 Å². The molecule has 0 aromatic heterocycles. The van der Waals surface area contributed by atoms with Crippen LogP contribution < -0.4 is 0 Å². The minimum atomic E-state index is -2.65. The van der Waals surface area contributed by atoms with Gasteiger partial charge in [0, 0.05) is 12.8 Å². The van der Waals surface area contributed by atoms with E-state index in [0.29, 0.717) is 6.16 Å². The molecule has 0 bridgehead atoms. The van der Waals surface area contributed by atoms with Crippen molar-refractivity contribution in [2.75, 3.05) is 12.8 Å². The molecule has 1 N–H and O–H groups in total. The number of rotatable bonds is 1. The van der Waals surface area contributed by atoms with E-state index in [9.17, 15) is 4.57 Å². The third-order valence-electron chi connectivity index (χ3n) is 0.587. The van der Waals surface area contributed by atoms with Gasteiger partial charge >= 0.3 is 29.6 Å². The van der Waals surface area contributed by atoms with E-state index in [2.05, 4.69) is 0 Å². The van der Waals surface area contributed by atoms with Crippen LogP contribution in [0.4, 0.5) is 0 Å². The molecule has 0 fully saturated rings. The average Bonchev–Trinajstić information content (AvgIpc) is 1.35. The van der Waals surface area contributed by atoms with Crippen molar-refractivity contribution >= 4 is 36.9 Å². The Labute approximate surface area is 66.1 Å². The molecule has 0 aromatic carbocycles. The predicted molar refractivity (Wildman–Crippen MR) is 33.4 cm³/mol. The molecule has 4 heteroatoms. The second-order valence-electron chi connectivity index (χ2n) is 1.37. The molecule has 0 aromatic rings. The monoisotopic (exact) mass is 132 g/mol. The number of hydrogen-bond acceptors (Lipinski definition) is 1. The van der Waals surface area contributed by atoms with E-state index in [1.807, 2.05) is 0 Å². The van der Waals surface area contributed by atoms with Crippen LogP contribution in [-0.2, 0) is 4.57 Å². The summed E-state index contributed by atoms with van der Waals surface area (Å²) >= 11 is 0. The average molecular weight is 132 g/mol. The quantitative estimate of drug-likeness (QED) is 0.410. The second kappa shape index (κ2) is 4.11. The van der Waals surface area contributed by atoms with E-state index in [1.54, 1.807) is 6.92 Å². The zero-order valence-corrected chi connectivity index (χ0v) is 4.90. The molecule has 0 aliphatic heterocycles. The molecule has 40 valence electrons. The standard InChI is InChI=1S/C3H9O2P.Na.H/c1-3-6(2,4)5;;/h3H2,1-2H3,(H,4,5);;. The molecule has 0 radical (unpaired) electrons. The van der Waals surface area contributed by atoms with Crippen molar-refractivity contribution in [3.8, 4) is 0 Å². The molecule has 0 amide bonds. The number of hydrogen-bond donors (Lipinski definition) is 1. The van der Waals surface area contributed by atoms with Crippen LogP contribution in [0.1, 0.15) is 6.92 Å². The molecule has 0 heterocycles. The molecule has 0 aliphatic rings. The fourth-order valence-corrected chi connectivity index (χ4v) is 0. The van der Waals surface area contributed by atoms with Gasteiger partial charge in [-0.25, -0.2) is 0 Å². The first-order valence-corrected chi connectivity index (χ1v) is 4.15. The van der Waals surface area contributed by atoms with Crippen molar-refractivity contribution in [3.05, 3.63) is 0 Å². The summed E-state index contributed by atoms with van der Waals surface area (Å²) in [6.45, 7) is 3.05. The topological polar surface area (TPSA) is 37.3 Å². The molecule has 2 nitrogen and oxygen atoms in total. The summed E-state index contributed by atoms with van der Waals surface area (Å²) in [4.78, 5) is 8.38. The predicted octanol–water partition coefficient (Wildman–Crippen LogP) is 0.258. The Bertz CT molecular complexity index is 77.0. The maximum atomic E-state index is 10.1. The van der Waals surface area contributed by atoms with Gasteiger partial charge in [-0.15, -0.1) is 0 Å². The van der Waals surface area contributed by atoms with Crippen LogP contribution in [-0.4, -0.2) is 47.3 Å². The van der Waals surface area contributed by atoms with Crippen LogP contribution in [0.15, 0.2) is 0 Å². The Morgan fingerprint density at radius 2 is 1.86 bits per heavy atom. The molecule has 0 rings (SSSR count). The summed E-state index contributed by atoms with van der Waals surface area (Å²) in [6.07, 6.45) is 0.382. The molecule has 0 saturated carbocycles. The summed E-state index contributed by atoms with van der Waals surface area (Å²) < 4.78 is 10.1. The molecule has 0 spiro atoms. The summed E-state index contributed by atoms with van der Waals surface area (Å²) in [5.41, 5.74) is 0. The van der Waals surface area contributed by atoms with Crippen LogP contribution in [0.5, 0.6) is 0 Å². The van der Waals surface area contributed by atoms with E-state index in [4.69, 9.17) is 4.89 Å². The van der Waals surface area contributed by atoms with E-state index in [0.717, 1.165) is 0 Å². The molecule has 7 heavy (non-hydrogen) atoms. The molecule has 1 atom stereocenters. The van der Waals surface area contributed by atoms with Crippen molar-refractivity contribution < 1.29 is 9.46 Å².